The summed E-state index contributed by atoms with van der Waals surface area (Å²) in [5, 5.41) is 25.4. The molecule has 424 valence electrons. The fourth-order valence-electron chi connectivity index (χ4n) is 9.27. The first-order valence-electron chi connectivity index (χ1n) is 30.5. The van der Waals surface area contributed by atoms with Gasteiger partial charge in [-0.05, 0) is 51.4 Å². The van der Waals surface area contributed by atoms with E-state index in [0.29, 0.717) is 87.0 Å². The molecule has 0 saturated heterocycles. The minimum Gasteiger partial charge on any atom is -0.501 e. The summed E-state index contributed by atoms with van der Waals surface area (Å²) in [6.07, 6.45) is 32.3. The Labute approximate surface area is 448 Å². The Balaban J connectivity index is 3.38. The maximum absolute atomic E-state index is 12.7. The summed E-state index contributed by atoms with van der Waals surface area (Å²) in [5.74, 6) is 2.56. The van der Waals surface area contributed by atoms with Gasteiger partial charge < -0.3 is 48.1 Å². The molecule has 0 aliphatic carbocycles. The lowest BCUT2D eigenvalue weighted by Crippen LogP contribution is -2.26. The molecule has 0 amide bonds. The average molecular weight is 1030 g/mol. The van der Waals surface area contributed by atoms with Crippen LogP contribution >= 0.6 is 0 Å². The van der Waals surface area contributed by atoms with Crippen LogP contribution in [-0.2, 0) is 5.41 Å². The van der Waals surface area contributed by atoms with Gasteiger partial charge in [-0.25, -0.2) is 0 Å². The zero-order valence-corrected chi connectivity index (χ0v) is 48.9. The van der Waals surface area contributed by atoms with Crippen LogP contribution in [0.4, 0.5) is 0 Å². The minimum absolute atomic E-state index is 0.102. The van der Waals surface area contributed by atoms with Crippen LogP contribution < -0.4 is 37.9 Å². The first kappa shape index (κ1) is 65.6. The van der Waals surface area contributed by atoms with Crippen molar-refractivity contribution >= 4 is 0 Å². The van der Waals surface area contributed by atoms with Crippen molar-refractivity contribution in [1.82, 2.24) is 0 Å². The van der Waals surface area contributed by atoms with Gasteiger partial charge in [-0.2, -0.15) is 0 Å². The quantitative estimate of drug-likeness (QED) is 0.0621. The molecule has 0 bridgehead atoms. The summed E-state index contributed by atoms with van der Waals surface area (Å²) in [4.78, 5) is 0. The van der Waals surface area contributed by atoms with E-state index in [9.17, 15) is 10.2 Å². The third kappa shape index (κ3) is 23.9. The second-order valence-corrected chi connectivity index (χ2v) is 21.0. The lowest BCUT2D eigenvalue weighted by atomic mass is 9.75. The highest BCUT2D eigenvalue weighted by Crippen LogP contribution is 2.63. The number of hydrogen-bond acceptors (Lipinski definition) is 10. The molecule has 2 rings (SSSR count). The minimum atomic E-state index is -1.10. The summed E-state index contributed by atoms with van der Waals surface area (Å²) in [6.45, 7) is 25.2. The third-order valence-electron chi connectivity index (χ3n) is 13.8. The van der Waals surface area contributed by atoms with E-state index in [-0.39, 0.29) is 34.5 Å². The van der Waals surface area contributed by atoms with Crippen LogP contribution in [0.1, 0.15) is 286 Å². The van der Waals surface area contributed by atoms with Crippen LogP contribution in [0.2, 0.25) is 0 Å². The average Bonchev–Trinajstić information content (AvgIpc) is 3.38. The lowest BCUT2D eigenvalue weighted by molar-refractivity contribution is 0.210. The molecular formula is C63H112O10. The molecule has 0 spiro atoms. The number of benzene rings is 2. The van der Waals surface area contributed by atoms with Crippen molar-refractivity contribution in [2.45, 2.75) is 280 Å². The van der Waals surface area contributed by atoms with Crippen LogP contribution in [0.3, 0.4) is 0 Å². The fraction of sp³-hybridized carbons (Fsp3) is 0.810. The van der Waals surface area contributed by atoms with Gasteiger partial charge >= 0.3 is 0 Å². The first-order chi connectivity index (χ1) is 35.7. The highest BCUT2D eigenvalue weighted by atomic mass is 16.6. The van der Waals surface area contributed by atoms with Crippen LogP contribution in [0, 0.1) is 0 Å². The molecule has 0 heterocycles. The first-order valence-corrected chi connectivity index (χ1v) is 30.5. The van der Waals surface area contributed by atoms with Crippen LogP contribution in [0.5, 0.6) is 57.5 Å². The van der Waals surface area contributed by atoms with E-state index in [1.807, 2.05) is 0 Å². The molecule has 10 nitrogen and oxygen atoms in total. The van der Waals surface area contributed by atoms with Crippen molar-refractivity contribution in [3.8, 4) is 57.5 Å². The number of ether oxygens (including phenoxy) is 8. The van der Waals surface area contributed by atoms with Crippen molar-refractivity contribution in [3.05, 3.63) is 11.1 Å². The predicted octanol–water partition coefficient (Wildman–Crippen LogP) is 19.1. The Kier molecular flexibility index (Phi) is 37.4. The number of aromatic hydroxyl groups is 2. The van der Waals surface area contributed by atoms with Gasteiger partial charge in [0.05, 0.1) is 64.0 Å². The van der Waals surface area contributed by atoms with E-state index in [2.05, 4.69) is 69.2 Å². The lowest BCUT2D eigenvalue weighted by Gasteiger charge is -2.36. The normalized spacial score (nSPS) is 11.5. The number of hydrogen-bond donors (Lipinski definition) is 2. The second kappa shape index (κ2) is 41.7. The Bertz CT molecular complexity index is 1450. The van der Waals surface area contributed by atoms with Gasteiger partial charge in [-0.1, -0.05) is 223 Å². The van der Waals surface area contributed by atoms with E-state index >= 15 is 0 Å². The van der Waals surface area contributed by atoms with Gasteiger partial charge in [0, 0.05) is 5.41 Å². The molecule has 0 unspecified atom stereocenters. The van der Waals surface area contributed by atoms with Crippen molar-refractivity contribution in [3.63, 3.8) is 0 Å². The molecule has 2 N–H and O–H groups in total. The number of phenolic OH excluding ortho intramolecular Hbond substituents is 2. The van der Waals surface area contributed by atoms with Crippen LogP contribution in [0.15, 0.2) is 0 Å². The van der Waals surface area contributed by atoms with E-state index in [1.54, 1.807) is 0 Å². The molecule has 2 aromatic rings. The monoisotopic (exact) mass is 1030 g/mol. The molecule has 0 saturated carbocycles. The maximum Gasteiger partial charge on any atom is 0.208 e. The van der Waals surface area contributed by atoms with Gasteiger partial charge in [0.25, 0.3) is 0 Å². The van der Waals surface area contributed by atoms with Gasteiger partial charge in [0.15, 0.2) is 23.0 Å². The molecule has 73 heavy (non-hydrogen) atoms. The van der Waals surface area contributed by atoms with Gasteiger partial charge in [0.2, 0.25) is 34.5 Å². The summed E-state index contributed by atoms with van der Waals surface area (Å²) < 4.78 is 55.6. The smallest absolute Gasteiger partial charge is 0.208 e. The third-order valence-corrected chi connectivity index (χ3v) is 13.8. The van der Waals surface area contributed by atoms with Crippen molar-refractivity contribution in [2.24, 2.45) is 0 Å². The van der Waals surface area contributed by atoms with E-state index < -0.39 is 5.41 Å². The second-order valence-electron chi connectivity index (χ2n) is 21.0. The number of unbranched alkanes of at least 4 members (excludes halogenated alkanes) is 24. The van der Waals surface area contributed by atoms with Crippen molar-refractivity contribution in [2.75, 3.05) is 52.9 Å². The molecule has 0 atom stereocenters. The van der Waals surface area contributed by atoms with E-state index in [0.717, 1.165) is 205 Å². The van der Waals surface area contributed by atoms with E-state index in [4.69, 9.17) is 37.9 Å². The predicted molar refractivity (Wildman–Crippen MR) is 305 cm³/mol. The zero-order chi connectivity index (χ0) is 53.4. The van der Waals surface area contributed by atoms with Gasteiger partial charge in [0.1, 0.15) is 0 Å². The molecule has 2 aromatic carbocycles. The van der Waals surface area contributed by atoms with Crippen molar-refractivity contribution < 1.29 is 48.1 Å². The Hall–Kier alpha value is -3.56. The number of phenols is 2. The SMILES string of the molecule is CCCCCCOc1c(O)c(OCCCCCC)c(OCCCCCC)c(C(C)(C)c2c(OCCCCCC)c(OCCCCCC)c(O)c(OCCCCCC)c2OCCCCCC)c1OCCCCCC. The van der Waals surface area contributed by atoms with Crippen LogP contribution in [-0.4, -0.2) is 63.1 Å². The molecular weight excluding hydrogens is 917 g/mol. The van der Waals surface area contributed by atoms with Gasteiger partial charge in [-0.3, -0.25) is 0 Å². The molecule has 0 fully saturated rings. The summed E-state index contributed by atoms with van der Waals surface area (Å²) in [5.41, 5.74) is 0.240. The summed E-state index contributed by atoms with van der Waals surface area (Å²) in [7, 11) is 0. The molecule has 0 aromatic heterocycles. The molecule has 0 aliphatic rings. The largest absolute Gasteiger partial charge is 0.501 e. The number of rotatable bonds is 50. The highest BCUT2D eigenvalue weighted by molar-refractivity contribution is 5.77. The zero-order valence-electron chi connectivity index (χ0n) is 48.9. The fourth-order valence-corrected chi connectivity index (χ4v) is 9.27. The standard InChI is InChI=1S/C63H112O10/c1-11-19-27-35-43-66-55-51(56(67-44-36-28-20-12-2)60(71-48-40-32-24-16-6)53(64)59(55)70-47-39-31-23-15-5)63(9,10)52-57(68-45-37-29-21-13-3)61(72-49-41-33-25-17-7)54(65)62(73-50-42-34-26-18-8)58(52)69-46-38-30-22-14-4/h64-65H,11-50H2,1-10H3. The Morgan fingerprint density at radius 3 is 0.534 bits per heavy atom. The van der Waals surface area contributed by atoms with E-state index in [1.165, 1.54) is 0 Å². The molecule has 0 radical (unpaired) electrons. The summed E-state index contributed by atoms with van der Waals surface area (Å²) >= 11 is 0. The molecule has 0 aliphatic heterocycles. The maximum atomic E-state index is 12.7. The highest BCUT2D eigenvalue weighted by Gasteiger charge is 2.45. The Morgan fingerprint density at radius 2 is 0.384 bits per heavy atom. The van der Waals surface area contributed by atoms with Gasteiger partial charge in [-0.15, -0.1) is 0 Å². The van der Waals surface area contributed by atoms with Crippen LogP contribution in [0.25, 0.3) is 0 Å². The van der Waals surface area contributed by atoms with Crippen molar-refractivity contribution in [1.29, 1.82) is 0 Å². The Morgan fingerprint density at radius 1 is 0.233 bits per heavy atom. The topological polar surface area (TPSA) is 114 Å². The summed E-state index contributed by atoms with van der Waals surface area (Å²) in [6, 6.07) is 0. The molecule has 10 heteroatoms.